The van der Waals surface area contributed by atoms with Gasteiger partial charge >= 0.3 is 0 Å². The van der Waals surface area contributed by atoms with Crippen LogP contribution in [0.25, 0.3) is 22.0 Å². The first kappa shape index (κ1) is 26.7. The van der Waals surface area contributed by atoms with Gasteiger partial charge < -0.3 is 10.2 Å². The van der Waals surface area contributed by atoms with Crippen molar-refractivity contribution in [1.82, 2.24) is 30.0 Å². The van der Waals surface area contributed by atoms with Crippen molar-refractivity contribution in [3.05, 3.63) is 77.3 Å². The van der Waals surface area contributed by atoms with Crippen LogP contribution >= 0.6 is 0 Å². The lowest BCUT2D eigenvalue weighted by molar-refractivity contribution is -0.140. The fraction of sp³-hybridized carbons (Fsp3) is 0.355. The van der Waals surface area contributed by atoms with E-state index in [0.717, 1.165) is 17.5 Å². The minimum atomic E-state index is -0.652. The third kappa shape index (κ3) is 4.77. The highest BCUT2D eigenvalue weighted by molar-refractivity contribution is 6.06. The van der Waals surface area contributed by atoms with Gasteiger partial charge in [-0.15, -0.1) is 0 Å². The molecule has 1 N–H and O–H groups in total. The number of likely N-dealkylation sites (tertiary alicyclic amines) is 1. The standard InChI is InChI=1S/C31H31FN6O3/c1-17-6-5-7-21(28(17)32)13-35-30(41)25-11-31(4)12-26(31)38(25)27(40)16-37-24-9-8-20(22-14-33-19(3)34-15-22)10-23(24)29(36-37)18(2)39/h5-10,14-15,25-26H,11-13,16H2,1-4H3,(H,35,41)/t25-,26+,31-/m0/s1. The third-order valence-electron chi connectivity index (χ3n) is 8.43. The number of amides is 2. The average molecular weight is 555 g/mol. The number of piperidine rings is 1. The molecule has 2 amide bonds. The van der Waals surface area contributed by atoms with E-state index in [1.54, 1.807) is 47.1 Å². The lowest BCUT2D eigenvalue weighted by Crippen LogP contribution is -2.48. The molecule has 2 aromatic heterocycles. The molecule has 9 nitrogen and oxygen atoms in total. The van der Waals surface area contributed by atoms with Gasteiger partial charge in [0.25, 0.3) is 0 Å². The highest BCUT2D eigenvalue weighted by Gasteiger charge is 2.64. The highest BCUT2D eigenvalue weighted by Crippen LogP contribution is 2.59. The smallest absolute Gasteiger partial charge is 0.245 e. The monoisotopic (exact) mass is 554 g/mol. The second-order valence-electron chi connectivity index (χ2n) is 11.5. The summed E-state index contributed by atoms with van der Waals surface area (Å²) >= 11 is 0. The molecular weight excluding hydrogens is 523 g/mol. The van der Waals surface area contributed by atoms with E-state index in [2.05, 4.69) is 27.3 Å². The Morgan fingerprint density at radius 1 is 1.07 bits per heavy atom. The third-order valence-corrected chi connectivity index (χ3v) is 8.43. The van der Waals surface area contributed by atoms with Crippen LogP contribution in [0.4, 0.5) is 4.39 Å². The molecule has 1 aliphatic carbocycles. The number of carbonyl (C=O) groups is 3. The van der Waals surface area contributed by atoms with E-state index in [4.69, 9.17) is 0 Å². The molecule has 2 aliphatic rings. The molecule has 1 saturated carbocycles. The number of aromatic nitrogens is 4. The van der Waals surface area contributed by atoms with Gasteiger partial charge in [0.2, 0.25) is 11.8 Å². The molecule has 3 atom stereocenters. The molecule has 41 heavy (non-hydrogen) atoms. The zero-order valence-electron chi connectivity index (χ0n) is 23.4. The molecule has 2 aromatic carbocycles. The molecule has 2 fully saturated rings. The Bertz CT molecular complexity index is 1720. The number of halogens is 1. The Hall–Kier alpha value is -4.47. The Kier molecular flexibility index (Phi) is 6.43. The normalized spacial score (nSPS) is 21.1. The van der Waals surface area contributed by atoms with Crippen molar-refractivity contribution in [3.63, 3.8) is 0 Å². The maximum absolute atomic E-state index is 14.5. The summed E-state index contributed by atoms with van der Waals surface area (Å²) in [5.41, 5.74) is 3.36. The molecule has 4 aromatic rings. The van der Waals surface area contributed by atoms with Crippen molar-refractivity contribution in [1.29, 1.82) is 0 Å². The fourth-order valence-electron chi connectivity index (χ4n) is 6.00. The Labute approximate surface area is 236 Å². The van der Waals surface area contributed by atoms with Crippen molar-refractivity contribution < 1.29 is 18.8 Å². The van der Waals surface area contributed by atoms with Gasteiger partial charge in [-0.3, -0.25) is 19.1 Å². The van der Waals surface area contributed by atoms with Gasteiger partial charge in [0.15, 0.2) is 5.78 Å². The number of ketones is 1. The largest absolute Gasteiger partial charge is 0.350 e. The number of Topliss-reactive ketones (excluding diaryl/α,β-unsaturated/α-hetero) is 1. The van der Waals surface area contributed by atoms with Crippen LogP contribution in [-0.2, 0) is 22.7 Å². The van der Waals surface area contributed by atoms with Gasteiger partial charge in [-0.1, -0.05) is 31.2 Å². The quantitative estimate of drug-likeness (QED) is 0.344. The molecule has 0 radical (unpaired) electrons. The summed E-state index contributed by atoms with van der Waals surface area (Å²) in [6.07, 6.45) is 4.83. The van der Waals surface area contributed by atoms with Crippen molar-refractivity contribution in [2.75, 3.05) is 0 Å². The molecule has 0 spiro atoms. The van der Waals surface area contributed by atoms with Crippen LogP contribution in [0.15, 0.2) is 48.8 Å². The highest BCUT2D eigenvalue weighted by atomic mass is 19.1. The summed E-state index contributed by atoms with van der Waals surface area (Å²) in [5.74, 6) is -0.434. The number of rotatable bonds is 7. The van der Waals surface area contributed by atoms with Crippen LogP contribution in [-0.4, -0.2) is 54.3 Å². The first-order chi connectivity index (χ1) is 19.6. The van der Waals surface area contributed by atoms with Crippen LogP contribution < -0.4 is 5.32 Å². The van der Waals surface area contributed by atoms with Gasteiger partial charge in [-0.25, -0.2) is 14.4 Å². The van der Waals surface area contributed by atoms with Crippen LogP contribution in [0, 0.1) is 25.1 Å². The van der Waals surface area contributed by atoms with E-state index in [0.29, 0.717) is 34.3 Å². The molecule has 3 heterocycles. The van der Waals surface area contributed by atoms with E-state index in [-0.39, 0.29) is 53.7 Å². The second kappa shape index (κ2) is 9.87. The van der Waals surface area contributed by atoms with E-state index in [1.807, 2.05) is 25.1 Å². The van der Waals surface area contributed by atoms with Crippen LogP contribution in [0.2, 0.25) is 0 Å². The molecule has 1 saturated heterocycles. The number of aryl methyl sites for hydroxylation is 2. The van der Waals surface area contributed by atoms with Gasteiger partial charge in [0.05, 0.1) is 5.52 Å². The summed E-state index contributed by atoms with van der Waals surface area (Å²) in [6.45, 7) is 6.96. The van der Waals surface area contributed by atoms with Gasteiger partial charge in [-0.2, -0.15) is 5.10 Å². The summed E-state index contributed by atoms with van der Waals surface area (Å²) < 4.78 is 16.0. The number of carbonyl (C=O) groups excluding carboxylic acids is 3. The van der Waals surface area contributed by atoms with Gasteiger partial charge in [0.1, 0.15) is 29.9 Å². The van der Waals surface area contributed by atoms with Crippen molar-refractivity contribution in [2.45, 2.75) is 65.7 Å². The van der Waals surface area contributed by atoms with Gasteiger partial charge in [0, 0.05) is 48.4 Å². The molecule has 210 valence electrons. The predicted molar refractivity (Wildman–Crippen MR) is 150 cm³/mol. The van der Waals surface area contributed by atoms with Crippen LogP contribution in [0.5, 0.6) is 0 Å². The number of hydrogen-bond acceptors (Lipinski definition) is 6. The zero-order valence-corrected chi connectivity index (χ0v) is 23.4. The fourth-order valence-corrected chi connectivity index (χ4v) is 6.00. The van der Waals surface area contributed by atoms with Crippen LogP contribution in [0.1, 0.15) is 54.1 Å². The average Bonchev–Trinajstić information content (AvgIpc) is 3.31. The molecule has 0 bridgehead atoms. The topological polar surface area (TPSA) is 110 Å². The SMILES string of the molecule is CC(=O)c1nn(CC(=O)N2[C@H](C(=O)NCc3cccc(C)c3F)C[C@@]3(C)C[C@@H]23)c2ccc(-c3cnc(C)nc3)cc12. The van der Waals surface area contributed by atoms with Crippen molar-refractivity contribution in [3.8, 4) is 11.1 Å². The Morgan fingerprint density at radius 2 is 1.83 bits per heavy atom. The minimum Gasteiger partial charge on any atom is -0.350 e. The molecule has 10 heteroatoms. The van der Waals surface area contributed by atoms with Gasteiger partial charge in [-0.05, 0) is 55.4 Å². The lowest BCUT2D eigenvalue weighted by Gasteiger charge is -2.27. The Morgan fingerprint density at radius 3 is 2.56 bits per heavy atom. The Balaban J connectivity index is 1.25. The van der Waals surface area contributed by atoms with E-state index in [1.165, 1.54) is 6.92 Å². The summed E-state index contributed by atoms with van der Waals surface area (Å²) in [7, 11) is 0. The maximum atomic E-state index is 14.5. The summed E-state index contributed by atoms with van der Waals surface area (Å²) in [4.78, 5) is 49.7. The first-order valence-electron chi connectivity index (χ1n) is 13.7. The van der Waals surface area contributed by atoms with Crippen LogP contribution in [0.3, 0.4) is 0 Å². The van der Waals surface area contributed by atoms with Crippen molar-refractivity contribution in [2.24, 2.45) is 5.41 Å². The number of benzene rings is 2. The van der Waals surface area contributed by atoms with E-state index in [9.17, 15) is 18.8 Å². The number of nitrogens with one attached hydrogen (secondary N) is 1. The number of fused-ring (bicyclic) bond motifs is 2. The lowest BCUT2D eigenvalue weighted by atomic mass is 10.0. The van der Waals surface area contributed by atoms with E-state index < -0.39 is 6.04 Å². The first-order valence-corrected chi connectivity index (χ1v) is 13.7. The molecule has 0 unspecified atom stereocenters. The number of nitrogens with zero attached hydrogens (tertiary/aromatic N) is 5. The predicted octanol–water partition coefficient (Wildman–Crippen LogP) is 4.15. The molecular formula is C31H31FN6O3. The minimum absolute atomic E-state index is 0.0382. The number of hydrogen-bond donors (Lipinski definition) is 1. The second-order valence-corrected chi connectivity index (χ2v) is 11.5. The van der Waals surface area contributed by atoms with Crippen molar-refractivity contribution >= 4 is 28.5 Å². The zero-order chi connectivity index (χ0) is 29.1. The van der Waals surface area contributed by atoms with E-state index >= 15 is 0 Å². The maximum Gasteiger partial charge on any atom is 0.245 e. The molecule has 1 aliphatic heterocycles. The molecule has 6 rings (SSSR count). The summed E-state index contributed by atoms with van der Waals surface area (Å²) in [5, 5.41) is 7.99. The summed E-state index contributed by atoms with van der Waals surface area (Å²) in [6, 6.07) is 9.98.